The van der Waals surface area contributed by atoms with Crippen LogP contribution in [0.5, 0.6) is 0 Å². The number of alkyl carbamates (subject to hydrolysis) is 1. The molecule has 1 unspecified atom stereocenters. The number of hydrogen-bond donors (Lipinski definition) is 2. The van der Waals surface area contributed by atoms with E-state index in [1.54, 1.807) is 0 Å². The summed E-state index contributed by atoms with van der Waals surface area (Å²) in [4.78, 5) is 11.7. The SMILES string of the molecule is CC(C)(C)OC(=O)NCC(N)C(C)(C)c1ccc(Cl)cc1. The first-order valence-corrected chi connectivity index (χ1v) is 7.38. The second-order valence-corrected chi connectivity index (χ2v) is 7.15. The Labute approximate surface area is 132 Å². The molecule has 21 heavy (non-hydrogen) atoms. The molecule has 0 aliphatic rings. The monoisotopic (exact) mass is 312 g/mol. The van der Waals surface area contributed by atoms with Crippen molar-refractivity contribution in [1.82, 2.24) is 5.32 Å². The second kappa shape index (κ2) is 6.67. The molecule has 1 rings (SSSR count). The third-order valence-corrected chi connectivity index (χ3v) is 3.63. The molecule has 0 radical (unpaired) electrons. The summed E-state index contributed by atoms with van der Waals surface area (Å²) in [6.07, 6.45) is -0.454. The van der Waals surface area contributed by atoms with Crippen molar-refractivity contribution in [2.75, 3.05) is 6.54 Å². The fourth-order valence-electron chi connectivity index (χ4n) is 1.86. The maximum atomic E-state index is 11.7. The number of nitrogens with one attached hydrogen (secondary N) is 1. The van der Waals surface area contributed by atoms with Crippen LogP contribution in [-0.2, 0) is 10.2 Å². The van der Waals surface area contributed by atoms with Gasteiger partial charge in [0.15, 0.2) is 0 Å². The number of nitrogens with two attached hydrogens (primary N) is 1. The molecule has 1 atom stereocenters. The lowest BCUT2D eigenvalue weighted by molar-refractivity contribution is 0.0521. The zero-order valence-electron chi connectivity index (χ0n) is 13.4. The first-order chi connectivity index (χ1) is 9.52. The van der Waals surface area contributed by atoms with Crippen molar-refractivity contribution in [1.29, 1.82) is 0 Å². The van der Waals surface area contributed by atoms with Gasteiger partial charge in [0.1, 0.15) is 5.60 Å². The van der Waals surface area contributed by atoms with E-state index in [0.717, 1.165) is 5.56 Å². The van der Waals surface area contributed by atoms with Crippen molar-refractivity contribution in [3.05, 3.63) is 34.9 Å². The number of halogens is 1. The normalized spacial score (nSPS) is 13.7. The Morgan fingerprint density at radius 2 is 1.76 bits per heavy atom. The number of rotatable bonds is 4. The Morgan fingerprint density at radius 3 is 2.24 bits per heavy atom. The highest BCUT2D eigenvalue weighted by atomic mass is 35.5. The maximum Gasteiger partial charge on any atom is 0.407 e. The minimum atomic E-state index is -0.514. The van der Waals surface area contributed by atoms with Gasteiger partial charge in [-0.3, -0.25) is 0 Å². The van der Waals surface area contributed by atoms with Crippen LogP contribution in [0, 0.1) is 0 Å². The smallest absolute Gasteiger partial charge is 0.407 e. The Bertz CT molecular complexity index is 478. The number of benzene rings is 1. The van der Waals surface area contributed by atoms with Crippen molar-refractivity contribution < 1.29 is 9.53 Å². The van der Waals surface area contributed by atoms with Crippen molar-refractivity contribution in [3.8, 4) is 0 Å². The van der Waals surface area contributed by atoms with Crippen molar-refractivity contribution in [3.63, 3.8) is 0 Å². The van der Waals surface area contributed by atoms with E-state index in [1.165, 1.54) is 0 Å². The number of ether oxygens (including phenoxy) is 1. The quantitative estimate of drug-likeness (QED) is 0.894. The lowest BCUT2D eigenvalue weighted by Gasteiger charge is -2.32. The molecule has 1 aromatic carbocycles. The lowest BCUT2D eigenvalue weighted by Crippen LogP contribution is -2.49. The number of carbonyl (C=O) groups is 1. The molecule has 0 saturated carbocycles. The molecule has 0 bridgehead atoms. The van der Waals surface area contributed by atoms with Gasteiger partial charge >= 0.3 is 6.09 Å². The van der Waals surface area contributed by atoms with Gasteiger partial charge < -0.3 is 15.8 Å². The molecule has 1 amide bonds. The van der Waals surface area contributed by atoms with Gasteiger partial charge in [0, 0.05) is 23.0 Å². The molecule has 0 saturated heterocycles. The number of carbonyl (C=O) groups excluding carboxylic acids is 1. The van der Waals surface area contributed by atoms with Gasteiger partial charge in [0.2, 0.25) is 0 Å². The molecule has 1 aromatic rings. The number of hydrogen-bond acceptors (Lipinski definition) is 3. The molecule has 4 nitrogen and oxygen atoms in total. The lowest BCUT2D eigenvalue weighted by atomic mass is 9.78. The number of amides is 1. The summed E-state index contributed by atoms with van der Waals surface area (Å²) < 4.78 is 5.20. The van der Waals surface area contributed by atoms with E-state index >= 15 is 0 Å². The van der Waals surface area contributed by atoms with E-state index in [9.17, 15) is 4.79 Å². The maximum absolute atomic E-state index is 11.7. The molecular formula is C16H25ClN2O2. The molecule has 0 heterocycles. The van der Waals surface area contributed by atoms with E-state index in [0.29, 0.717) is 11.6 Å². The van der Waals surface area contributed by atoms with Crippen LogP contribution in [0.4, 0.5) is 4.79 Å². The van der Waals surface area contributed by atoms with E-state index in [-0.39, 0.29) is 11.5 Å². The van der Waals surface area contributed by atoms with Gasteiger partial charge in [-0.2, -0.15) is 0 Å². The van der Waals surface area contributed by atoms with Gasteiger partial charge in [-0.05, 0) is 38.5 Å². The Balaban J connectivity index is 2.63. The van der Waals surface area contributed by atoms with E-state index in [2.05, 4.69) is 5.32 Å². The summed E-state index contributed by atoms with van der Waals surface area (Å²) in [5, 5.41) is 3.40. The highest BCUT2D eigenvalue weighted by Gasteiger charge is 2.29. The van der Waals surface area contributed by atoms with Crippen molar-refractivity contribution in [2.24, 2.45) is 5.73 Å². The summed E-state index contributed by atoms with van der Waals surface area (Å²) in [7, 11) is 0. The molecule has 0 aliphatic carbocycles. The topological polar surface area (TPSA) is 64.3 Å². The zero-order chi connectivity index (χ0) is 16.3. The van der Waals surface area contributed by atoms with Gasteiger partial charge in [-0.15, -0.1) is 0 Å². The third kappa shape index (κ3) is 5.56. The first kappa shape index (κ1) is 17.8. The van der Waals surface area contributed by atoms with Crippen LogP contribution in [0.1, 0.15) is 40.2 Å². The zero-order valence-corrected chi connectivity index (χ0v) is 14.1. The largest absolute Gasteiger partial charge is 0.444 e. The molecule has 0 aromatic heterocycles. The van der Waals surface area contributed by atoms with Gasteiger partial charge in [-0.25, -0.2) is 4.79 Å². The molecule has 118 valence electrons. The minimum Gasteiger partial charge on any atom is -0.444 e. The third-order valence-electron chi connectivity index (χ3n) is 3.38. The van der Waals surface area contributed by atoms with Crippen LogP contribution in [0.15, 0.2) is 24.3 Å². The molecule has 5 heteroatoms. The van der Waals surface area contributed by atoms with E-state index < -0.39 is 11.7 Å². The highest BCUT2D eigenvalue weighted by molar-refractivity contribution is 6.30. The van der Waals surface area contributed by atoms with Gasteiger partial charge in [0.05, 0.1) is 0 Å². The van der Waals surface area contributed by atoms with Crippen LogP contribution < -0.4 is 11.1 Å². The fourth-order valence-corrected chi connectivity index (χ4v) is 1.98. The van der Waals surface area contributed by atoms with Crippen LogP contribution in [0.2, 0.25) is 5.02 Å². The molecule has 0 fully saturated rings. The summed E-state index contributed by atoms with van der Waals surface area (Å²) in [5.41, 5.74) is 6.50. The second-order valence-electron chi connectivity index (χ2n) is 6.72. The Hall–Kier alpha value is -1.26. The highest BCUT2D eigenvalue weighted by Crippen LogP contribution is 2.27. The van der Waals surface area contributed by atoms with Crippen LogP contribution >= 0.6 is 11.6 Å². The standard InChI is InChI=1S/C16H25ClN2O2/c1-15(2,3)21-14(20)19-10-13(18)16(4,5)11-6-8-12(17)9-7-11/h6-9,13H,10,18H2,1-5H3,(H,19,20). The van der Waals surface area contributed by atoms with Crippen molar-refractivity contribution in [2.45, 2.75) is 51.7 Å². The Kier molecular flexibility index (Phi) is 5.65. The van der Waals surface area contributed by atoms with Gasteiger partial charge in [-0.1, -0.05) is 37.6 Å². The average Bonchev–Trinajstić information content (AvgIpc) is 2.34. The van der Waals surface area contributed by atoms with Gasteiger partial charge in [0.25, 0.3) is 0 Å². The van der Waals surface area contributed by atoms with Crippen LogP contribution in [0.25, 0.3) is 0 Å². The molecule has 0 aliphatic heterocycles. The predicted octanol–water partition coefficient (Wildman–Crippen LogP) is 3.47. The first-order valence-electron chi connectivity index (χ1n) is 7.01. The van der Waals surface area contributed by atoms with Crippen molar-refractivity contribution >= 4 is 17.7 Å². The molecular weight excluding hydrogens is 288 g/mol. The minimum absolute atomic E-state index is 0.244. The summed E-state index contributed by atoms with van der Waals surface area (Å²) in [6, 6.07) is 7.34. The van der Waals surface area contributed by atoms with E-state index in [1.807, 2.05) is 58.9 Å². The summed E-state index contributed by atoms with van der Waals surface area (Å²) >= 11 is 5.90. The van der Waals surface area contributed by atoms with Crippen LogP contribution in [0.3, 0.4) is 0 Å². The Morgan fingerprint density at radius 1 is 1.24 bits per heavy atom. The fraction of sp³-hybridized carbons (Fsp3) is 0.562. The van der Waals surface area contributed by atoms with Crippen LogP contribution in [-0.4, -0.2) is 24.3 Å². The average molecular weight is 313 g/mol. The summed E-state index contributed by atoms with van der Waals surface area (Å²) in [5.74, 6) is 0. The molecule has 0 spiro atoms. The molecule has 3 N–H and O–H groups in total. The summed E-state index contributed by atoms with van der Waals surface area (Å²) in [6.45, 7) is 9.89. The van der Waals surface area contributed by atoms with E-state index in [4.69, 9.17) is 22.1 Å². The predicted molar refractivity (Wildman–Crippen MR) is 86.7 cm³/mol.